The lowest BCUT2D eigenvalue weighted by molar-refractivity contribution is -0.0511. The predicted molar refractivity (Wildman–Crippen MR) is 113 cm³/mol. The van der Waals surface area contributed by atoms with E-state index in [0.29, 0.717) is 0 Å². The zero-order valence-corrected chi connectivity index (χ0v) is 18.5. The van der Waals surface area contributed by atoms with Crippen LogP contribution in [0.3, 0.4) is 0 Å². The van der Waals surface area contributed by atoms with Crippen LogP contribution in [-0.2, 0) is 15.8 Å². The molecule has 1 aliphatic rings. The van der Waals surface area contributed by atoms with Gasteiger partial charge in [0.25, 0.3) is 0 Å². The quantitative estimate of drug-likeness (QED) is 0.189. The maximum atomic E-state index is 11.2. The molecule has 1 fully saturated rings. The van der Waals surface area contributed by atoms with Gasteiger partial charge < -0.3 is 39.7 Å². The number of phosphoric ester groups is 1. The summed E-state index contributed by atoms with van der Waals surface area (Å²) in [7, 11) is -3.57. The van der Waals surface area contributed by atoms with Gasteiger partial charge in [-0.25, -0.2) is 19.5 Å². The van der Waals surface area contributed by atoms with Crippen molar-refractivity contribution in [3.8, 4) is 17.2 Å². The van der Waals surface area contributed by atoms with E-state index in [0.717, 1.165) is 6.07 Å². The Labute approximate surface area is 191 Å². The summed E-state index contributed by atoms with van der Waals surface area (Å²) in [5, 5.41) is 43.0. The molecule has 0 aliphatic carbocycles. The Morgan fingerprint density at radius 3 is 2.62 bits per heavy atom. The molecule has 184 valence electrons. The minimum Gasteiger partial charge on any atom is -0.504 e. The molecule has 1 aromatic carbocycles. The number of nitrogens with one attached hydrogen (secondary N) is 1. The van der Waals surface area contributed by atoms with Gasteiger partial charge in [-0.15, -0.1) is 0 Å². The number of phenolic OH excluding ortho intramolecular Hbond substituents is 1. The Balaban J connectivity index is 1.61. The summed E-state index contributed by atoms with van der Waals surface area (Å²) in [4.78, 5) is 30.6. The topological polar surface area (TPSA) is 222 Å². The van der Waals surface area contributed by atoms with E-state index in [1.54, 1.807) is 0 Å². The van der Waals surface area contributed by atoms with E-state index in [1.165, 1.54) is 30.4 Å². The van der Waals surface area contributed by atoms with Gasteiger partial charge in [-0.2, -0.15) is 0 Å². The third-order valence-electron chi connectivity index (χ3n) is 5.17. The van der Waals surface area contributed by atoms with Crippen LogP contribution in [-0.4, -0.2) is 81.8 Å². The molecular formula is C18H22N5O10P. The number of nitrogens with zero attached hydrogens (tertiary/aromatic N) is 4. The van der Waals surface area contributed by atoms with Crippen LogP contribution < -0.4 is 14.6 Å². The van der Waals surface area contributed by atoms with Crippen LogP contribution >= 0.6 is 7.82 Å². The van der Waals surface area contributed by atoms with E-state index in [2.05, 4.69) is 24.8 Å². The molecule has 0 spiro atoms. The zero-order chi connectivity index (χ0) is 24.6. The standard InChI is InChI=1S/C18H22N5O10P/c1-31-10-3-9(33-34(28,29)30)2-8(13(10)25)4-19-16-12-17(21-6-20-16)23(7-22-12)18-15(27)14(26)11(5-24)32-18/h2-3,6-7,11,14-15,18,24-27H,4-5H2,1H3,(H,19,20,21)(H2,28,29,30)/t11-,14-,15-,18-/m1/s1. The minimum absolute atomic E-state index is 0.0655. The van der Waals surface area contributed by atoms with Crippen LogP contribution in [0.5, 0.6) is 17.2 Å². The molecule has 16 heteroatoms. The molecule has 0 unspecified atom stereocenters. The molecule has 4 rings (SSSR count). The number of aromatic hydroxyl groups is 1. The number of aliphatic hydroxyl groups excluding tert-OH is 3. The van der Waals surface area contributed by atoms with Crippen molar-refractivity contribution in [3.63, 3.8) is 0 Å². The number of aliphatic hydroxyl groups is 3. The second-order valence-electron chi connectivity index (χ2n) is 7.34. The number of hydrogen-bond donors (Lipinski definition) is 7. The number of anilines is 1. The number of fused-ring (bicyclic) bond motifs is 1. The van der Waals surface area contributed by atoms with E-state index >= 15 is 0 Å². The summed E-state index contributed by atoms with van der Waals surface area (Å²) in [6, 6.07) is 2.35. The van der Waals surface area contributed by atoms with Crippen molar-refractivity contribution in [3.05, 3.63) is 30.4 Å². The Kier molecular flexibility index (Phi) is 6.60. The first-order chi connectivity index (χ1) is 16.1. The third-order valence-corrected chi connectivity index (χ3v) is 5.62. The van der Waals surface area contributed by atoms with Gasteiger partial charge in [-0.3, -0.25) is 14.4 Å². The molecule has 3 heterocycles. The van der Waals surface area contributed by atoms with Gasteiger partial charge in [0.05, 0.1) is 20.0 Å². The van der Waals surface area contributed by atoms with Gasteiger partial charge in [0.2, 0.25) is 0 Å². The van der Waals surface area contributed by atoms with Crippen LogP contribution in [0.15, 0.2) is 24.8 Å². The summed E-state index contributed by atoms with van der Waals surface area (Å²) in [5.41, 5.74) is 0.708. The molecular weight excluding hydrogens is 477 g/mol. The zero-order valence-electron chi connectivity index (χ0n) is 17.6. The number of imidazole rings is 1. The summed E-state index contributed by atoms with van der Waals surface area (Å²) in [6.07, 6.45) is -2.10. The van der Waals surface area contributed by atoms with Gasteiger partial charge in [0.15, 0.2) is 34.7 Å². The molecule has 0 amide bonds. The second kappa shape index (κ2) is 9.31. The number of rotatable bonds is 8. The molecule has 15 nitrogen and oxygen atoms in total. The molecule has 3 aromatic rings. The third kappa shape index (κ3) is 4.63. The van der Waals surface area contributed by atoms with Crippen molar-refractivity contribution >= 4 is 24.8 Å². The van der Waals surface area contributed by atoms with E-state index in [-0.39, 0.29) is 46.3 Å². The highest BCUT2D eigenvalue weighted by atomic mass is 31.2. The molecule has 0 bridgehead atoms. The maximum absolute atomic E-state index is 11.2. The highest BCUT2D eigenvalue weighted by Gasteiger charge is 2.44. The van der Waals surface area contributed by atoms with Crippen molar-refractivity contribution in [1.82, 2.24) is 19.5 Å². The van der Waals surface area contributed by atoms with E-state index in [9.17, 15) is 25.0 Å². The Morgan fingerprint density at radius 1 is 1.21 bits per heavy atom. The van der Waals surface area contributed by atoms with E-state index < -0.39 is 39.0 Å². The lowest BCUT2D eigenvalue weighted by Gasteiger charge is -2.16. The van der Waals surface area contributed by atoms with Crippen molar-refractivity contribution in [2.45, 2.75) is 31.1 Å². The predicted octanol–water partition coefficient (Wildman–Crippen LogP) is -0.764. The SMILES string of the molecule is COc1cc(OP(=O)(O)O)cc(CNc2ncnc3c2ncn3[C@@H]2O[C@H](CO)[C@@H](O)[C@H]2O)c1O. The smallest absolute Gasteiger partial charge is 0.504 e. The van der Waals surface area contributed by atoms with E-state index in [4.69, 9.17) is 19.3 Å². The largest absolute Gasteiger partial charge is 0.524 e. The summed E-state index contributed by atoms with van der Waals surface area (Å²) in [5.74, 6) is -0.337. The van der Waals surface area contributed by atoms with Crippen LogP contribution in [0.4, 0.5) is 5.82 Å². The van der Waals surface area contributed by atoms with Gasteiger partial charge in [-0.1, -0.05) is 0 Å². The number of benzene rings is 1. The molecule has 4 atom stereocenters. The van der Waals surface area contributed by atoms with Gasteiger partial charge in [0.1, 0.15) is 30.4 Å². The number of methoxy groups -OCH3 is 1. The van der Waals surface area contributed by atoms with Gasteiger partial charge in [0, 0.05) is 18.2 Å². The van der Waals surface area contributed by atoms with Crippen molar-refractivity contribution in [1.29, 1.82) is 0 Å². The van der Waals surface area contributed by atoms with Crippen molar-refractivity contribution in [2.24, 2.45) is 0 Å². The number of ether oxygens (including phenoxy) is 2. The highest BCUT2D eigenvalue weighted by Crippen LogP contribution is 2.42. The van der Waals surface area contributed by atoms with Crippen LogP contribution in [0.1, 0.15) is 11.8 Å². The summed E-state index contributed by atoms with van der Waals surface area (Å²) in [6.45, 7) is -0.561. The number of phosphoric acid groups is 1. The number of aromatic nitrogens is 4. The van der Waals surface area contributed by atoms with Gasteiger partial charge in [-0.05, 0) is 6.07 Å². The van der Waals surface area contributed by atoms with E-state index in [1.807, 2.05) is 0 Å². The molecule has 7 N–H and O–H groups in total. The fraction of sp³-hybridized carbons (Fsp3) is 0.389. The number of phenols is 1. The molecule has 34 heavy (non-hydrogen) atoms. The first-order valence-corrected chi connectivity index (χ1v) is 11.3. The molecule has 0 saturated carbocycles. The van der Waals surface area contributed by atoms with Crippen molar-refractivity contribution in [2.75, 3.05) is 19.0 Å². The van der Waals surface area contributed by atoms with Crippen molar-refractivity contribution < 1.29 is 48.8 Å². The molecule has 0 radical (unpaired) electrons. The number of hydrogen-bond acceptors (Lipinski definition) is 12. The lowest BCUT2D eigenvalue weighted by atomic mass is 10.1. The first kappa shape index (κ1) is 24.1. The normalized spacial score (nSPS) is 22.8. The fourth-order valence-electron chi connectivity index (χ4n) is 3.57. The molecule has 2 aromatic heterocycles. The van der Waals surface area contributed by atoms with Crippen LogP contribution in [0.2, 0.25) is 0 Å². The fourth-order valence-corrected chi connectivity index (χ4v) is 3.95. The second-order valence-corrected chi connectivity index (χ2v) is 8.51. The monoisotopic (exact) mass is 499 g/mol. The molecule has 1 saturated heterocycles. The Morgan fingerprint density at radius 2 is 1.97 bits per heavy atom. The van der Waals surface area contributed by atoms with Gasteiger partial charge >= 0.3 is 7.82 Å². The average Bonchev–Trinajstić information content (AvgIpc) is 3.34. The first-order valence-electron chi connectivity index (χ1n) is 9.81. The highest BCUT2D eigenvalue weighted by molar-refractivity contribution is 7.46. The van der Waals surface area contributed by atoms with Crippen LogP contribution in [0.25, 0.3) is 11.2 Å². The Bertz CT molecular complexity index is 1230. The average molecular weight is 499 g/mol. The molecule has 1 aliphatic heterocycles. The summed E-state index contributed by atoms with van der Waals surface area (Å²) < 4.78 is 27.7. The minimum atomic E-state index is -4.84. The Hall–Kier alpha value is -3.04. The maximum Gasteiger partial charge on any atom is 0.524 e. The van der Waals surface area contributed by atoms with Crippen LogP contribution in [0, 0.1) is 0 Å². The lowest BCUT2D eigenvalue weighted by Crippen LogP contribution is -2.33. The summed E-state index contributed by atoms with van der Waals surface area (Å²) >= 11 is 0.